The third kappa shape index (κ3) is 11.9. The minimum absolute atomic E-state index is 0.00434. The maximum atomic E-state index is 2.54. The van der Waals surface area contributed by atoms with Crippen molar-refractivity contribution < 1.29 is 0 Å². The molecule has 1 aromatic heterocycles. The molecule has 2 heteroatoms. The molecule has 12 aromatic carbocycles. The largest absolute Gasteiger partial charge is 0.310 e. The van der Waals surface area contributed by atoms with E-state index in [9.17, 15) is 0 Å². The van der Waals surface area contributed by atoms with Gasteiger partial charge in [0.05, 0.1) is 22.4 Å². The minimum Gasteiger partial charge on any atom is -0.310 e. The average Bonchev–Trinajstić information content (AvgIpc) is 1.28. The van der Waals surface area contributed by atoms with E-state index in [1.54, 1.807) is 0 Å². The monoisotopic (exact) mass is 1230 g/mol. The van der Waals surface area contributed by atoms with Crippen LogP contribution in [0.3, 0.4) is 0 Å². The Morgan fingerprint density at radius 1 is 0.234 bits per heavy atom. The second-order valence-electron chi connectivity index (χ2n) is 34.6. The Bertz CT molecular complexity index is 4950. The molecule has 0 saturated carbocycles. The third-order valence-electron chi connectivity index (χ3n) is 20.2. The van der Waals surface area contributed by atoms with Crippen LogP contribution in [-0.2, 0) is 37.9 Å². The van der Waals surface area contributed by atoms with Crippen molar-refractivity contribution in [1.82, 2.24) is 4.57 Å². The molecule has 0 N–H and O–H groups in total. The smallest absolute Gasteiger partial charge is 0.0541 e. The molecule has 0 bridgehead atoms. The van der Waals surface area contributed by atoms with E-state index >= 15 is 0 Å². The predicted octanol–water partition coefficient (Wildman–Crippen LogP) is 26.9. The van der Waals surface area contributed by atoms with Crippen LogP contribution in [0.25, 0.3) is 104 Å². The topological polar surface area (TPSA) is 8.17 Å². The molecule has 0 aliphatic heterocycles. The van der Waals surface area contributed by atoms with Gasteiger partial charge in [-0.2, -0.15) is 0 Å². The van der Waals surface area contributed by atoms with E-state index in [-0.39, 0.29) is 37.9 Å². The van der Waals surface area contributed by atoms with Crippen LogP contribution in [0.5, 0.6) is 0 Å². The van der Waals surface area contributed by atoms with Crippen LogP contribution < -0.4 is 4.90 Å². The molecule has 0 fully saturated rings. The van der Waals surface area contributed by atoms with Crippen LogP contribution in [0.1, 0.15) is 184 Å². The molecule has 0 aliphatic carbocycles. The molecule has 0 unspecified atom stereocenters. The molecule has 0 radical (unpaired) electrons. The summed E-state index contributed by atoms with van der Waals surface area (Å²) in [5, 5.41) is 10.0. The van der Waals surface area contributed by atoms with Gasteiger partial charge in [-0.05, 0) is 210 Å². The second-order valence-corrected chi connectivity index (χ2v) is 34.6. The summed E-state index contributed by atoms with van der Waals surface area (Å²) in [6, 6.07) is 83.0. The summed E-state index contributed by atoms with van der Waals surface area (Å²) in [5.74, 6) is 0. The molecule has 94 heavy (non-hydrogen) atoms. The number of hydrogen-bond donors (Lipinski definition) is 0. The fourth-order valence-corrected chi connectivity index (χ4v) is 14.0. The SMILES string of the molecule is CC(C)(C)c1cc(-c2cccc(N(c3cccc(-c4ccc(-c5cc(C(C)(C)C)cc(C(C)(C)C)c5)cc4)c3)c3ccc4ccc5c(-n6c7ccc(C(C)(C)C)cc7c7cc(C(C)(C)C)ccc76)ccc6ccc3c4c65)c2)cc(-c2cc(C(C)(C)C)cc(C(C)(C)C)c2)c1. The zero-order valence-corrected chi connectivity index (χ0v) is 60.1. The quantitative estimate of drug-likeness (QED) is 0.138. The summed E-state index contributed by atoms with van der Waals surface area (Å²) in [6.07, 6.45) is 0. The fourth-order valence-electron chi connectivity index (χ4n) is 14.0. The number of fused-ring (bicyclic) bond motifs is 3. The van der Waals surface area contributed by atoms with Crippen molar-refractivity contribution in [2.75, 3.05) is 4.90 Å². The average molecular weight is 1230 g/mol. The summed E-state index contributed by atoms with van der Waals surface area (Å²) in [6.45, 7) is 48.9. The van der Waals surface area contributed by atoms with E-state index in [4.69, 9.17) is 0 Å². The van der Waals surface area contributed by atoms with Crippen LogP contribution in [0.4, 0.5) is 17.1 Å². The predicted molar refractivity (Wildman–Crippen MR) is 412 cm³/mol. The first-order chi connectivity index (χ1) is 44.0. The van der Waals surface area contributed by atoms with Crippen molar-refractivity contribution in [2.24, 2.45) is 0 Å². The van der Waals surface area contributed by atoms with Gasteiger partial charge in [0.25, 0.3) is 0 Å². The highest BCUT2D eigenvalue weighted by Gasteiger charge is 2.28. The number of hydrogen-bond acceptors (Lipinski definition) is 1. The van der Waals surface area contributed by atoms with Crippen molar-refractivity contribution in [1.29, 1.82) is 0 Å². The van der Waals surface area contributed by atoms with Crippen molar-refractivity contribution in [3.05, 3.63) is 251 Å². The van der Waals surface area contributed by atoms with E-state index in [1.165, 1.54) is 138 Å². The van der Waals surface area contributed by atoms with E-state index in [1.807, 2.05) is 0 Å². The van der Waals surface area contributed by atoms with Gasteiger partial charge in [-0.1, -0.05) is 291 Å². The number of nitrogens with zero attached hydrogens (tertiary/aromatic N) is 2. The van der Waals surface area contributed by atoms with Crippen LogP contribution in [-0.4, -0.2) is 4.57 Å². The van der Waals surface area contributed by atoms with Gasteiger partial charge in [0, 0.05) is 32.9 Å². The number of aromatic nitrogens is 1. The highest BCUT2D eigenvalue weighted by molar-refractivity contribution is 6.27. The van der Waals surface area contributed by atoms with Crippen molar-refractivity contribution >= 4 is 71.2 Å². The van der Waals surface area contributed by atoms with Gasteiger partial charge >= 0.3 is 0 Å². The summed E-state index contributed by atoms with van der Waals surface area (Å²) < 4.78 is 2.54. The van der Waals surface area contributed by atoms with E-state index in [2.05, 4.69) is 367 Å². The Morgan fingerprint density at radius 3 is 1.01 bits per heavy atom. The Hall–Kier alpha value is -8.72. The molecule has 0 aliphatic rings. The Balaban J connectivity index is 1.01. The van der Waals surface area contributed by atoms with E-state index in [0.29, 0.717) is 0 Å². The van der Waals surface area contributed by atoms with Gasteiger partial charge in [-0.3, -0.25) is 0 Å². The summed E-state index contributed by atoms with van der Waals surface area (Å²) in [7, 11) is 0. The molecule has 0 amide bonds. The first kappa shape index (κ1) is 64.0. The molecule has 0 atom stereocenters. The lowest BCUT2D eigenvalue weighted by Gasteiger charge is -2.29. The first-order valence-electron chi connectivity index (χ1n) is 34.4. The van der Waals surface area contributed by atoms with Gasteiger partial charge in [0.2, 0.25) is 0 Å². The number of benzene rings is 12. The lowest BCUT2D eigenvalue weighted by atomic mass is 9.78. The molecule has 13 rings (SSSR count). The lowest BCUT2D eigenvalue weighted by molar-refractivity contribution is 0.568. The highest BCUT2D eigenvalue weighted by atomic mass is 15.1. The van der Waals surface area contributed by atoms with Crippen LogP contribution in [0, 0.1) is 0 Å². The van der Waals surface area contributed by atoms with Crippen molar-refractivity contribution in [3.63, 3.8) is 0 Å². The maximum absolute atomic E-state index is 2.54. The molecule has 0 saturated heterocycles. The molecule has 476 valence electrons. The highest BCUT2D eigenvalue weighted by Crippen LogP contribution is 2.49. The third-order valence-corrected chi connectivity index (χ3v) is 20.2. The zero-order chi connectivity index (χ0) is 67.1. The molecule has 13 aromatic rings. The van der Waals surface area contributed by atoms with Gasteiger partial charge in [-0.15, -0.1) is 0 Å². The van der Waals surface area contributed by atoms with E-state index < -0.39 is 0 Å². The normalized spacial score (nSPS) is 13.2. The Kier molecular flexibility index (Phi) is 15.3. The maximum Gasteiger partial charge on any atom is 0.0541 e. The van der Waals surface area contributed by atoms with Crippen LogP contribution in [0.15, 0.2) is 212 Å². The van der Waals surface area contributed by atoms with Gasteiger partial charge in [0.15, 0.2) is 0 Å². The molecule has 0 spiro atoms. The molecular weight excluding hydrogens is 1130 g/mol. The first-order valence-corrected chi connectivity index (χ1v) is 34.4. The number of anilines is 3. The minimum atomic E-state index is -0.0952. The summed E-state index contributed by atoms with van der Waals surface area (Å²) in [4.78, 5) is 2.53. The molecule has 2 nitrogen and oxygen atoms in total. The van der Waals surface area contributed by atoms with Crippen LogP contribution in [0.2, 0.25) is 0 Å². The molecule has 1 heterocycles. The number of rotatable bonds is 8. The zero-order valence-electron chi connectivity index (χ0n) is 60.1. The Labute approximate surface area is 562 Å². The van der Waals surface area contributed by atoms with Gasteiger partial charge in [0.1, 0.15) is 0 Å². The summed E-state index contributed by atoms with van der Waals surface area (Å²) >= 11 is 0. The fraction of sp³-hybridized carbons (Fsp3) is 0.304. The van der Waals surface area contributed by atoms with Crippen molar-refractivity contribution in [3.8, 4) is 50.2 Å². The van der Waals surface area contributed by atoms with Gasteiger partial charge < -0.3 is 9.47 Å². The standard InChI is InChI=1S/C92H98N2/c1-86(2,3)67-36-42-82-78(55-67)79-56-68(87(4,5)6)37-43-83(79)94(82)81-41-35-60-32-38-76-80(40-34-59-33-39-77(81)85(60)84(59)76)93(74-26-22-24-61(51-74)57-28-30-58(31-29-57)65-47-70(89(10,11)12)53-71(48-65)90(13,14)15)75-27-23-25-62(52-75)63-44-64(46-69(45-63)88(7,8)9)66-49-72(91(16,17)18)54-73(50-66)92(19,20)21/h22-56H,1-21H3. The Morgan fingerprint density at radius 2 is 0.574 bits per heavy atom. The lowest BCUT2D eigenvalue weighted by Crippen LogP contribution is -2.16. The van der Waals surface area contributed by atoms with Crippen LogP contribution >= 0.6 is 0 Å². The molecular formula is C92H98N2. The second kappa shape index (κ2) is 22.5. The summed E-state index contributed by atoms with van der Waals surface area (Å²) in [5.41, 5.74) is 26.0. The van der Waals surface area contributed by atoms with E-state index in [0.717, 1.165) is 22.6 Å². The van der Waals surface area contributed by atoms with Crippen molar-refractivity contribution in [2.45, 2.75) is 183 Å². The van der Waals surface area contributed by atoms with Gasteiger partial charge in [-0.25, -0.2) is 0 Å².